The molecule has 0 bridgehead atoms. The van der Waals surface area contributed by atoms with Gasteiger partial charge in [0, 0.05) is 46.7 Å². The van der Waals surface area contributed by atoms with Crippen LogP contribution < -0.4 is 4.90 Å². The van der Waals surface area contributed by atoms with Crippen LogP contribution in [-0.2, 0) is 12.8 Å². The molecule has 4 rings (SSSR count). The van der Waals surface area contributed by atoms with Crippen LogP contribution in [0.3, 0.4) is 0 Å². The number of nitrogens with zero attached hydrogens (tertiary/aromatic N) is 4. The minimum atomic E-state index is -0.500. The topological polar surface area (TPSA) is 92.5 Å². The highest BCUT2D eigenvalue weighted by Gasteiger charge is 2.33. The highest BCUT2D eigenvalue weighted by Crippen LogP contribution is 2.34. The van der Waals surface area contributed by atoms with E-state index in [1.807, 2.05) is 0 Å². The van der Waals surface area contributed by atoms with Crippen molar-refractivity contribution < 1.29 is 14.4 Å². The van der Waals surface area contributed by atoms with Gasteiger partial charge in [0.25, 0.3) is 0 Å². The maximum absolute atomic E-state index is 8.81. The van der Waals surface area contributed by atoms with Crippen molar-refractivity contribution in [2.45, 2.75) is 25.3 Å². The van der Waals surface area contributed by atoms with Gasteiger partial charge in [-0.25, -0.2) is 4.58 Å². The van der Waals surface area contributed by atoms with Gasteiger partial charge in [-0.05, 0) is 18.1 Å². The van der Waals surface area contributed by atoms with E-state index in [0.29, 0.717) is 6.04 Å². The Balaban J connectivity index is 0.000000324. The van der Waals surface area contributed by atoms with Gasteiger partial charge in [-0.15, -0.1) is 0 Å². The summed E-state index contributed by atoms with van der Waals surface area (Å²) in [5.41, 5.74) is 7.28. The number of hydrogen-bond donors (Lipinski definition) is 0. The first-order valence-electron chi connectivity index (χ1n) is 9.33. The predicted octanol–water partition coefficient (Wildman–Crippen LogP) is 3.19. The molecule has 0 radical (unpaired) electrons. The summed E-state index contributed by atoms with van der Waals surface area (Å²) in [6.45, 7) is 0. The van der Waals surface area contributed by atoms with Crippen LogP contribution >= 0.6 is 0 Å². The number of nitro groups is 2. The van der Waals surface area contributed by atoms with Crippen LogP contribution in [0.4, 0.5) is 11.4 Å². The maximum Gasteiger partial charge on any atom is 0.208 e. The number of fused-ring (bicyclic) bond motifs is 2. The Kier molecular flexibility index (Phi) is 7.41. The quantitative estimate of drug-likeness (QED) is 0.439. The molecule has 0 saturated heterocycles. The molecule has 2 aromatic rings. The third-order valence-corrected chi connectivity index (χ3v) is 5.07. The van der Waals surface area contributed by atoms with Gasteiger partial charge in [0.2, 0.25) is 5.69 Å². The van der Waals surface area contributed by atoms with Crippen molar-refractivity contribution in [3.05, 3.63) is 79.9 Å². The van der Waals surface area contributed by atoms with Gasteiger partial charge in [0.1, 0.15) is 7.05 Å². The normalized spacial score (nSPS) is 16.1. The van der Waals surface area contributed by atoms with Gasteiger partial charge in [-0.3, -0.25) is 20.2 Å². The van der Waals surface area contributed by atoms with Gasteiger partial charge in [0.05, 0.1) is 6.42 Å². The van der Waals surface area contributed by atoms with Gasteiger partial charge < -0.3 is 4.90 Å². The number of benzene rings is 2. The largest absolute Gasteiger partial charge is 0.370 e. The molecule has 2 aromatic carbocycles. The molecule has 0 aromatic heterocycles. The molecule has 0 N–H and O–H groups in total. The third-order valence-electron chi connectivity index (χ3n) is 5.07. The SMILES string of the molecule is CN1c2ccccc2CC1CC1=[N+](C)c2ccccc2C1.C[N+](=O)[O-].C[N+](=O)[O-]. The molecule has 1 unspecified atom stereocenters. The van der Waals surface area contributed by atoms with E-state index in [9.17, 15) is 0 Å². The van der Waals surface area contributed by atoms with Gasteiger partial charge >= 0.3 is 0 Å². The van der Waals surface area contributed by atoms with Crippen molar-refractivity contribution in [3.8, 4) is 0 Å². The van der Waals surface area contributed by atoms with E-state index in [2.05, 4.69) is 72.1 Å². The molecule has 8 nitrogen and oxygen atoms in total. The van der Waals surface area contributed by atoms with Crippen LogP contribution in [-0.4, -0.2) is 54.4 Å². The zero-order valence-corrected chi connectivity index (χ0v) is 17.2. The second-order valence-corrected chi connectivity index (χ2v) is 7.11. The van der Waals surface area contributed by atoms with Crippen molar-refractivity contribution in [2.75, 3.05) is 33.1 Å². The summed E-state index contributed by atoms with van der Waals surface area (Å²) in [6, 6.07) is 18.2. The fourth-order valence-corrected chi connectivity index (χ4v) is 3.80. The first kappa shape index (κ1) is 22.0. The maximum atomic E-state index is 8.81. The first-order valence-corrected chi connectivity index (χ1v) is 9.33. The van der Waals surface area contributed by atoms with Crippen molar-refractivity contribution in [3.63, 3.8) is 0 Å². The van der Waals surface area contributed by atoms with E-state index < -0.39 is 9.85 Å². The molecular formula is C21H27N4O4+. The molecule has 0 amide bonds. The van der Waals surface area contributed by atoms with E-state index in [-0.39, 0.29) is 0 Å². The van der Waals surface area contributed by atoms with E-state index >= 15 is 0 Å². The minimum Gasteiger partial charge on any atom is -0.370 e. The summed E-state index contributed by atoms with van der Waals surface area (Å²) in [5, 5.41) is 17.6. The fourth-order valence-electron chi connectivity index (χ4n) is 3.80. The average Bonchev–Trinajstić information content (AvgIpc) is 3.13. The number of anilines is 1. The zero-order chi connectivity index (χ0) is 21.6. The van der Waals surface area contributed by atoms with Gasteiger partial charge in [-0.2, -0.15) is 0 Å². The number of hydrogen-bond acceptors (Lipinski definition) is 5. The lowest BCUT2D eigenvalue weighted by Crippen LogP contribution is -2.31. The highest BCUT2D eigenvalue weighted by molar-refractivity contribution is 5.88. The number of para-hydroxylation sites is 2. The molecule has 0 saturated carbocycles. The van der Waals surface area contributed by atoms with Crippen LogP contribution in [0.5, 0.6) is 0 Å². The van der Waals surface area contributed by atoms with E-state index in [4.69, 9.17) is 20.2 Å². The van der Waals surface area contributed by atoms with Crippen molar-refractivity contribution in [1.29, 1.82) is 0 Å². The number of rotatable bonds is 2. The molecular weight excluding hydrogens is 372 g/mol. The van der Waals surface area contributed by atoms with Crippen LogP contribution in [0.1, 0.15) is 17.5 Å². The lowest BCUT2D eigenvalue weighted by atomic mass is 10.0. The monoisotopic (exact) mass is 399 g/mol. The Bertz CT molecular complexity index is 906. The average molecular weight is 399 g/mol. The Labute approximate surface area is 170 Å². The molecule has 1 atom stereocenters. The van der Waals surface area contributed by atoms with Crippen LogP contribution in [0.2, 0.25) is 0 Å². The van der Waals surface area contributed by atoms with Gasteiger partial charge in [-0.1, -0.05) is 36.4 Å². The Morgan fingerprint density at radius 3 is 2.07 bits per heavy atom. The second-order valence-electron chi connectivity index (χ2n) is 7.11. The third kappa shape index (κ3) is 5.84. The second kappa shape index (κ2) is 9.77. The Morgan fingerprint density at radius 1 is 1.00 bits per heavy atom. The lowest BCUT2D eigenvalue weighted by Gasteiger charge is -2.21. The van der Waals surface area contributed by atoms with Crippen LogP contribution in [0.25, 0.3) is 0 Å². The standard InChI is InChI=1S/C19H21N2.2CH3NO2/c1-20-16(11-14-7-3-5-9-18(14)20)13-17-12-15-8-4-6-10-19(15)21(17)2;2*1-2(3)4/h3-10,16H,11-13H2,1-2H3;2*1H3/q+1;;. The van der Waals surface area contributed by atoms with E-state index in [0.717, 1.165) is 26.9 Å². The molecule has 2 heterocycles. The first-order chi connectivity index (χ1) is 13.7. The van der Waals surface area contributed by atoms with Crippen LogP contribution in [0.15, 0.2) is 48.5 Å². The van der Waals surface area contributed by atoms with Crippen molar-refractivity contribution >= 4 is 17.1 Å². The summed E-state index contributed by atoms with van der Waals surface area (Å²) in [4.78, 5) is 19.1. The fraction of sp³-hybridized carbons (Fsp3) is 0.381. The molecule has 154 valence electrons. The molecule has 29 heavy (non-hydrogen) atoms. The zero-order valence-electron chi connectivity index (χ0n) is 17.2. The molecule has 2 aliphatic rings. The van der Waals surface area contributed by atoms with Crippen molar-refractivity contribution in [2.24, 2.45) is 0 Å². The van der Waals surface area contributed by atoms with Gasteiger partial charge in [0.15, 0.2) is 19.8 Å². The highest BCUT2D eigenvalue weighted by atomic mass is 16.6. The summed E-state index contributed by atoms with van der Waals surface area (Å²) in [7, 11) is 6.22. The Morgan fingerprint density at radius 2 is 1.52 bits per heavy atom. The summed E-state index contributed by atoms with van der Waals surface area (Å²) < 4.78 is 2.40. The number of likely N-dealkylation sites (N-methyl/N-ethyl adjacent to an activating group) is 1. The smallest absolute Gasteiger partial charge is 0.208 e. The molecule has 0 fully saturated rings. The molecule has 2 aliphatic heterocycles. The van der Waals surface area contributed by atoms with Crippen LogP contribution in [0, 0.1) is 20.2 Å². The minimum absolute atomic E-state index is 0.500. The summed E-state index contributed by atoms with van der Waals surface area (Å²) >= 11 is 0. The summed E-state index contributed by atoms with van der Waals surface area (Å²) in [6.07, 6.45) is 3.42. The summed E-state index contributed by atoms with van der Waals surface area (Å²) in [5.74, 6) is 0. The van der Waals surface area contributed by atoms with Crippen molar-refractivity contribution in [1.82, 2.24) is 0 Å². The molecule has 0 spiro atoms. The molecule has 8 heteroatoms. The Hall–Kier alpha value is -3.29. The van der Waals surface area contributed by atoms with E-state index in [1.54, 1.807) is 5.71 Å². The van der Waals surface area contributed by atoms with E-state index in [1.165, 1.54) is 28.9 Å². The lowest BCUT2D eigenvalue weighted by molar-refractivity contribution is -0.445. The predicted molar refractivity (Wildman–Crippen MR) is 114 cm³/mol. The molecule has 0 aliphatic carbocycles.